The summed E-state index contributed by atoms with van der Waals surface area (Å²) in [6.45, 7) is 1.89. The topological polar surface area (TPSA) is 50.3 Å². The third kappa shape index (κ3) is 1.78. The number of benzene rings is 2. The Hall–Kier alpha value is -3.27. The van der Waals surface area contributed by atoms with Crippen LogP contribution in [0.5, 0.6) is 0 Å². The molecule has 136 valence electrons. The zero-order chi connectivity index (χ0) is 19.0. The molecule has 1 aromatic heterocycles. The fourth-order valence-electron chi connectivity index (χ4n) is 5.60. The molecule has 4 nitrogen and oxygen atoms in total. The third-order valence-electron chi connectivity index (χ3n) is 6.64. The number of carbonyl (C=O) groups is 2. The Morgan fingerprint density at radius 3 is 1.61 bits per heavy atom. The smallest absolute Gasteiger partial charge is 0.239 e. The maximum atomic E-state index is 13.6. The van der Waals surface area contributed by atoms with Crippen LogP contribution in [0.3, 0.4) is 0 Å². The fraction of sp³-hybridized carbons (Fsp3) is 0.208. The summed E-state index contributed by atoms with van der Waals surface area (Å²) in [6.07, 6.45) is 1.64. The largest absolute Gasteiger partial charge is 0.274 e. The SMILES string of the molecule is Cc1cccnc1N1C(=O)[C@@H]2C3c4ccccc4C(c4ccccc43)[C@@H]2C1=O. The molecule has 7 rings (SSSR count). The molecule has 2 atom stereocenters. The second kappa shape index (κ2) is 5.38. The second-order valence-corrected chi connectivity index (χ2v) is 7.92. The summed E-state index contributed by atoms with van der Waals surface area (Å²) in [5.74, 6) is -0.626. The van der Waals surface area contributed by atoms with E-state index in [9.17, 15) is 9.59 Å². The van der Waals surface area contributed by atoms with Crippen molar-refractivity contribution < 1.29 is 9.59 Å². The minimum absolute atomic E-state index is 0.0760. The molecule has 0 spiro atoms. The van der Waals surface area contributed by atoms with Crippen molar-refractivity contribution in [3.63, 3.8) is 0 Å². The Balaban J connectivity index is 1.59. The average Bonchev–Trinajstić information content (AvgIpc) is 2.99. The van der Waals surface area contributed by atoms with Crippen LogP contribution < -0.4 is 4.90 Å². The number of carbonyl (C=O) groups excluding carboxylic acids is 2. The lowest BCUT2D eigenvalue weighted by molar-refractivity contribution is -0.122. The minimum atomic E-state index is -0.358. The van der Waals surface area contributed by atoms with Crippen molar-refractivity contribution in [1.82, 2.24) is 4.98 Å². The van der Waals surface area contributed by atoms with E-state index in [1.165, 1.54) is 27.2 Å². The monoisotopic (exact) mass is 366 g/mol. The van der Waals surface area contributed by atoms with Gasteiger partial charge in [0.15, 0.2) is 0 Å². The fourth-order valence-corrected chi connectivity index (χ4v) is 5.60. The first kappa shape index (κ1) is 15.8. The van der Waals surface area contributed by atoms with Crippen LogP contribution in [0, 0.1) is 18.8 Å². The highest BCUT2D eigenvalue weighted by Gasteiger charge is 2.62. The Morgan fingerprint density at radius 1 is 0.714 bits per heavy atom. The average molecular weight is 366 g/mol. The van der Waals surface area contributed by atoms with Gasteiger partial charge in [0, 0.05) is 18.0 Å². The maximum Gasteiger partial charge on any atom is 0.239 e. The number of hydrogen-bond donors (Lipinski definition) is 0. The van der Waals surface area contributed by atoms with Crippen molar-refractivity contribution in [2.45, 2.75) is 18.8 Å². The Labute approximate surface area is 162 Å². The van der Waals surface area contributed by atoms with E-state index in [1.54, 1.807) is 6.20 Å². The van der Waals surface area contributed by atoms with E-state index in [0.717, 1.165) is 5.56 Å². The summed E-state index contributed by atoms with van der Waals surface area (Å²) in [6, 6.07) is 20.3. The zero-order valence-electron chi connectivity index (χ0n) is 15.4. The molecule has 2 heterocycles. The normalized spacial score (nSPS) is 26.8. The van der Waals surface area contributed by atoms with Gasteiger partial charge in [0.25, 0.3) is 0 Å². The molecule has 1 saturated heterocycles. The zero-order valence-corrected chi connectivity index (χ0v) is 15.4. The van der Waals surface area contributed by atoms with Crippen LogP contribution in [0.2, 0.25) is 0 Å². The number of imide groups is 1. The van der Waals surface area contributed by atoms with Gasteiger partial charge in [0.05, 0.1) is 11.8 Å². The summed E-state index contributed by atoms with van der Waals surface area (Å²) in [4.78, 5) is 32.9. The molecule has 2 amide bonds. The van der Waals surface area contributed by atoms with E-state index in [1.807, 2.05) is 43.3 Å². The van der Waals surface area contributed by atoms with E-state index >= 15 is 0 Å². The Kier molecular flexibility index (Phi) is 3.03. The van der Waals surface area contributed by atoms with Crippen molar-refractivity contribution in [2.24, 2.45) is 11.8 Å². The van der Waals surface area contributed by atoms with Gasteiger partial charge in [-0.25, -0.2) is 9.88 Å². The molecular weight excluding hydrogens is 348 g/mol. The lowest BCUT2D eigenvalue weighted by Crippen LogP contribution is -2.41. The summed E-state index contributed by atoms with van der Waals surface area (Å²) in [5, 5.41) is 0. The molecule has 0 unspecified atom stereocenters. The standard InChI is InChI=1S/C24H18N2O2/c1-13-7-6-12-25-22(13)26-23(27)20-18-14-8-2-3-9-15(14)19(21(20)24(26)28)17-11-5-4-10-16(17)18/h2-12,18-21H,1H3/t18?,19?,20-,21+. The molecule has 0 N–H and O–H groups in total. The number of aryl methyl sites for hydroxylation is 1. The highest BCUT2D eigenvalue weighted by Crippen LogP contribution is 2.61. The number of rotatable bonds is 1. The maximum absolute atomic E-state index is 13.6. The van der Waals surface area contributed by atoms with Gasteiger partial charge in [-0.05, 0) is 40.8 Å². The second-order valence-electron chi connectivity index (χ2n) is 7.92. The van der Waals surface area contributed by atoms with Gasteiger partial charge >= 0.3 is 0 Å². The van der Waals surface area contributed by atoms with E-state index in [-0.39, 0.29) is 35.5 Å². The van der Waals surface area contributed by atoms with Gasteiger partial charge in [0.1, 0.15) is 5.82 Å². The number of pyridine rings is 1. The van der Waals surface area contributed by atoms with Crippen LogP contribution in [0.4, 0.5) is 5.82 Å². The highest BCUT2D eigenvalue weighted by molar-refractivity contribution is 6.23. The van der Waals surface area contributed by atoms with Crippen LogP contribution in [0.1, 0.15) is 39.7 Å². The van der Waals surface area contributed by atoms with Gasteiger partial charge < -0.3 is 0 Å². The van der Waals surface area contributed by atoms with Crippen molar-refractivity contribution in [2.75, 3.05) is 4.90 Å². The summed E-state index contributed by atoms with van der Waals surface area (Å²) in [7, 11) is 0. The number of anilines is 1. The van der Waals surface area contributed by atoms with E-state index in [2.05, 4.69) is 29.2 Å². The number of nitrogens with zero attached hydrogens (tertiary/aromatic N) is 2. The predicted molar refractivity (Wildman–Crippen MR) is 105 cm³/mol. The van der Waals surface area contributed by atoms with Crippen LogP contribution in [0.25, 0.3) is 0 Å². The first-order valence-electron chi connectivity index (χ1n) is 9.65. The molecule has 28 heavy (non-hydrogen) atoms. The van der Waals surface area contributed by atoms with E-state index in [4.69, 9.17) is 0 Å². The molecule has 4 aliphatic rings. The Bertz CT molecular complexity index is 1050. The van der Waals surface area contributed by atoms with E-state index < -0.39 is 0 Å². The van der Waals surface area contributed by atoms with Gasteiger partial charge in [-0.3, -0.25) is 9.59 Å². The third-order valence-corrected chi connectivity index (χ3v) is 6.64. The van der Waals surface area contributed by atoms with Crippen LogP contribution in [-0.2, 0) is 9.59 Å². The van der Waals surface area contributed by atoms with Gasteiger partial charge in [-0.15, -0.1) is 0 Å². The Morgan fingerprint density at radius 2 is 1.18 bits per heavy atom. The molecule has 0 radical (unpaired) electrons. The molecule has 4 heteroatoms. The van der Waals surface area contributed by atoms with Crippen LogP contribution >= 0.6 is 0 Å². The van der Waals surface area contributed by atoms with Gasteiger partial charge in [-0.2, -0.15) is 0 Å². The summed E-state index contributed by atoms with van der Waals surface area (Å²) < 4.78 is 0. The van der Waals surface area contributed by atoms with E-state index in [0.29, 0.717) is 5.82 Å². The van der Waals surface area contributed by atoms with Crippen molar-refractivity contribution in [3.8, 4) is 0 Å². The van der Waals surface area contributed by atoms with Gasteiger partial charge in [0.2, 0.25) is 11.8 Å². The van der Waals surface area contributed by atoms with Crippen LogP contribution in [0.15, 0.2) is 66.9 Å². The number of aromatic nitrogens is 1. The quantitative estimate of drug-likeness (QED) is 0.616. The molecule has 2 bridgehead atoms. The van der Waals surface area contributed by atoms with Gasteiger partial charge in [-0.1, -0.05) is 54.6 Å². The first-order chi connectivity index (χ1) is 13.7. The van der Waals surface area contributed by atoms with Crippen LogP contribution in [-0.4, -0.2) is 16.8 Å². The van der Waals surface area contributed by atoms with Crippen molar-refractivity contribution >= 4 is 17.6 Å². The molecule has 3 aliphatic carbocycles. The van der Waals surface area contributed by atoms with Crippen molar-refractivity contribution in [1.29, 1.82) is 0 Å². The molecular formula is C24H18N2O2. The molecule has 3 aromatic rings. The highest BCUT2D eigenvalue weighted by atomic mass is 16.2. The predicted octanol–water partition coefficient (Wildman–Crippen LogP) is 3.79. The molecule has 0 saturated carbocycles. The lowest BCUT2D eigenvalue weighted by atomic mass is 9.55. The molecule has 1 aliphatic heterocycles. The minimum Gasteiger partial charge on any atom is -0.274 e. The van der Waals surface area contributed by atoms with Crippen molar-refractivity contribution in [3.05, 3.63) is 94.7 Å². The molecule has 2 aromatic carbocycles. The number of amides is 2. The summed E-state index contributed by atoms with van der Waals surface area (Å²) in [5.41, 5.74) is 5.59. The summed E-state index contributed by atoms with van der Waals surface area (Å²) >= 11 is 0. The number of hydrogen-bond acceptors (Lipinski definition) is 3. The molecule has 1 fully saturated rings. The first-order valence-corrected chi connectivity index (χ1v) is 9.65. The lowest BCUT2D eigenvalue weighted by Gasteiger charge is -2.45.